The maximum atomic E-state index is 12.6. The number of carbonyl (C=O) groups is 1. The second-order valence-corrected chi connectivity index (χ2v) is 7.15. The van der Waals surface area contributed by atoms with Crippen LogP contribution < -0.4 is 15.8 Å². The van der Waals surface area contributed by atoms with Gasteiger partial charge in [0.05, 0.1) is 11.9 Å². The molecule has 2 N–H and O–H groups in total. The summed E-state index contributed by atoms with van der Waals surface area (Å²) in [7, 11) is 0. The Kier molecular flexibility index (Phi) is 3.70. The number of H-pyrrole nitrogens is 1. The van der Waals surface area contributed by atoms with Crippen molar-refractivity contribution >= 4 is 22.9 Å². The van der Waals surface area contributed by atoms with E-state index in [2.05, 4.69) is 20.4 Å². The molecule has 3 heterocycles. The third kappa shape index (κ3) is 2.87. The zero-order chi connectivity index (χ0) is 18.4. The van der Waals surface area contributed by atoms with Crippen LogP contribution in [0, 0.1) is 0 Å². The molecule has 8 heteroatoms. The number of aromatic amines is 1. The quantitative estimate of drug-likeness (QED) is 0.729. The van der Waals surface area contributed by atoms with E-state index in [0.717, 1.165) is 31.4 Å². The molecular formula is C19H20N6O2. The summed E-state index contributed by atoms with van der Waals surface area (Å²) in [5.41, 5.74) is 1.08. The first-order valence-corrected chi connectivity index (χ1v) is 9.31. The summed E-state index contributed by atoms with van der Waals surface area (Å²) in [6, 6.07) is 9.60. The number of para-hydroxylation sites is 1. The minimum Gasteiger partial charge on any atom is -0.352 e. The predicted octanol–water partition coefficient (Wildman–Crippen LogP) is 1.36. The van der Waals surface area contributed by atoms with Crippen molar-refractivity contribution in [1.82, 2.24) is 25.1 Å². The fourth-order valence-electron chi connectivity index (χ4n) is 3.62. The molecule has 138 valence electrons. The van der Waals surface area contributed by atoms with E-state index >= 15 is 0 Å². The van der Waals surface area contributed by atoms with Crippen LogP contribution in [0.5, 0.6) is 0 Å². The summed E-state index contributed by atoms with van der Waals surface area (Å²) in [6.07, 6.45) is 5.28. The van der Waals surface area contributed by atoms with Gasteiger partial charge in [-0.1, -0.05) is 18.2 Å². The number of amides is 1. The smallest absolute Gasteiger partial charge is 0.263 e. The lowest BCUT2D eigenvalue weighted by atomic mass is 10.2. The molecule has 1 saturated carbocycles. The maximum Gasteiger partial charge on any atom is 0.263 e. The van der Waals surface area contributed by atoms with Gasteiger partial charge in [0, 0.05) is 12.6 Å². The molecule has 27 heavy (non-hydrogen) atoms. The van der Waals surface area contributed by atoms with Gasteiger partial charge in [0.25, 0.3) is 5.56 Å². The molecule has 0 bridgehead atoms. The van der Waals surface area contributed by atoms with Crippen molar-refractivity contribution in [3.8, 4) is 5.69 Å². The number of hydrogen-bond acceptors (Lipinski definition) is 5. The Bertz CT molecular complexity index is 1050. The van der Waals surface area contributed by atoms with Gasteiger partial charge in [-0.3, -0.25) is 14.6 Å². The number of benzene rings is 1. The number of hydrogen-bond donors (Lipinski definition) is 2. The van der Waals surface area contributed by atoms with Crippen LogP contribution in [0.3, 0.4) is 0 Å². The molecule has 2 fully saturated rings. The average molecular weight is 364 g/mol. The topological polar surface area (TPSA) is 95.9 Å². The standard InChI is InChI=1S/C19H20N6O2/c26-17-14-11-20-25(13-5-2-1-3-6-13)16(14)22-19(23-17)24-10-4-7-15(24)18(27)21-12-8-9-12/h1-3,5-6,11-12,15H,4,7-10H2,(H,21,27)(H,22,23,26). The number of rotatable bonds is 4. The van der Waals surface area contributed by atoms with Crippen LogP contribution in [0.25, 0.3) is 16.7 Å². The van der Waals surface area contributed by atoms with Crippen LogP contribution in [0.15, 0.2) is 41.3 Å². The van der Waals surface area contributed by atoms with Crippen LogP contribution in [0.1, 0.15) is 25.7 Å². The molecule has 3 aromatic rings. The largest absolute Gasteiger partial charge is 0.352 e. The van der Waals surface area contributed by atoms with Crippen molar-refractivity contribution < 1.29 is 4.79 Å². The van der Waals surface area contributed by atoms with Gasteiger partial charge < -0.3 is 10.2 Å². The lowest BCUT2D eigenvalue weighted by Gasteiger charge is -2.24. The summed E-state index contributed by atoms with van der Waals surface area (Å²) >= 11 is 0. The van der Waals surface area contributed by atoms with Gasteiger partial charge in [0.2, 0.25) is 11.9 Å². The van der Waals surface area contributed by atoms with Crippen LogP contribution in [0.2, 0.25) is 0 Å². The summed E-state index contributed by atoms with van der Waals surface area (Å²) in [5.74, 6) is 0.452. The Morgan fingerprint density at radius 1 is 1.19 bits per heavy atom. The fourth-order valence-corrected chi connectivity index (χ4v) is 3.62. The average Bonchev–Trinajstić information content (AvgIpc) is 3.20. The molecule has 1 aromatic carbocycles. The normalized spacial score (nSPS) is 19.6. The summed E-state index contributed by atoms with van der Waals surface area (Å²) in [4.78, 5) is 34.6. The number of nitrogens with one attached hydrogen (secondary N) is 2. The molecule has 2 aliphatic rings. The van der Waals surface area contributed by atoms with Crippen molar-refractivity contribution in [1.29, 1.82) is 0 Å². The van der Waals surface area contributed by atoms with E-state index in [0.29, 0.717) is 29.6 Å². The fraction of sp³-hybridized carbons (Fsp3) is 0.368. The van der Waals surface area contributed by atoms with Gasteiger partial charge in [0.1, 0.15) is 11.4 Å². The highest BCUT2D eigenvalue weighted by Gasteiger charge is 2.35. The zero-order valence-corrected chi connectivity index (χ0v) is 14.8. The number of carbonyl (C=O) groups excluding carboxylic acids is 1. The van der Waals surface area contributed by atoms with Gasteiger partial charge in [0.15, 0.2) is 5.65 Å². The molecule has 2 aromatic heterocycles. The molecule has 1 aliphatic carbocycles. The summed E-state index contributed by atoms with van der Waals surface area (Å²) in [5, 5.41) is 7.83. The van der Waals surface area contributed by atoms with E-state index < -0.39 is 0 Å². The number of nitrogens with zero attached hydrogens (tertiary/aromatic N) is 4. The van der Waals surface area contributed by atoms with Gasteiger partial charge in [-0.05, 0) is 37.8 Å². The van der Waals surface area contributed by atoms with Crippen molar-refractivity contribution in [3.05, 3.63) is 46.9 Å². The van der Waals surface area contributed by atoms with E-state index in [4.69, 9.17) is 0 Å². The van der Waals surface area contributed by atoms with E-state index in [1.165, 1.54) is 6.20 Å². The molecule has 1 amide bonds. The highest BCUT2D eigenvalue weighted by Crippen LogP contribution is 2.25. The molecule has 0 radical (unpaired) electrons. The first kappa shape index (κ1) is 16.0. The highest BCUT2D eigenvalue weighted by molar-refractivity contribution is 5.86. The number of fused-ring (bicyclic) bond motifs is 1. The van der Waals surface area contributed by atoms with E-state index in [1.54, 1.807) is 4.68 Å². The van der Waals surface area contributed by atoms with Crippen LogP contribution in [0.4, 0.5) is 5.95 Å². The molecule has 0 spiro atoms. The Labute approximate surface area is 155 Å². The van der Waals surface area contributed by atoms with Crippen LogP contribution >= 0.6 is 0 Å². The first-order chi connectivity index (χ1) is 13.2. The monoisotopic (exact) mass is 364 g/mol. The lowest BCUT2D eigenvalue weighted by Crippen LogP contribution is -2.45. The van der Waals surface area contributed by atoms with Gasteiger partial charge in [-0.2, -0.15) is 10.1 Å². The van der Waals surface area contributed by atoms with Gasteiger partial charge in [-0.25, -0.2) is 4.68 Å². The predicted molar refractivity (Wildman–Crippen MR) is 101 cm³/mol. The SMILES string of the molecule is O=C(NC1CC1)C1CCCN1c1nc2c(cnn2-c2ccccc2)c(=O)[nH]1. The highest BCUT2D eigenvalue weighted by atomic mass is 16.2. The second kappa shape index (κ2) is 6.22. The maximum absolute atomic E-state index is 12.6. The Balaban J connectivity index is 1.55. The Hall–Kier alpha value is -3.16. The van der Waals surface area contributed by atoms with Crippen molar-refractivity contribution in [3.63, 3.8) is 0 Å². The van der Waals surface area contributed by atoms with Crippen molar-refractivity contribution in [2.24, 2.45) is 0 Å². The van der Waals surface area contributed by atoms with Gasteiger partial charge >= 0.3 is 0 Å². The third-order valence-electron chi connectivity index (χ3n) is 5.18. The van der Waals surface area contributed by atoms with Crippen molar-refractivity contribution in [2.45, 2.75) is 37.8 Å². The second-order valence-electron chi connectivity index (χ2n) is 7.15. The molecule has 5 rings (SSSR count). The first-order valence-electron chi connectivity index (χ1n) is 9.31. The third-order valence-corrected chi connectivity index (χ3v) is 5.18. The zero-order valence-electron chi connectivity index (χ0n) is 14.8. The lowest BCUT2D eigenvalue weighted by molar-refractivity contribution is -0.122. The summed E-state index contributed by atoms with van der Waals surface area (Å²) in [6.45, 7) is 0.691. The molecular weight excluding hydrogens is 344 g/mol. The molecule has 1 unspecified atom stereocenters. The number of anilines is 1. The van der Waals surface area contributed by atoms with E-state index in [-0.39, 0.29) is 17.5 Å². The molecule has 1 saturated heterocycles. The minimum absolute atomic E-state index is 0.0225. The van der Waals surface area contributed by atoms with E-state index in [1.807, 2.05) is 35.2 Å². The minimum atomic E-state index is -0.292. The van der Waals surface area contributed by atoms with Crippen LogP contribution in [-0.4, -0.2) is 44.3 Å². The van der Waals surface area contributed by atoms with E-state index in [9.17, 15) is 9.59 Å². The number of aromatic nitrogens is 4. The molecule has 1 atom stereocenters. The summed E-state index contributed by atoms with van der Waals surface area (Å²) < 4.78 is 1.66. The molecule has 1 aliphatic heterocycles. The van der Waals surface area contributed by atoms with Crippen molar-refractivity contribution in [2.75, 3.05) is 11.4 Å². The Morgan fingerprint density at radius 2 is 2.00 bits per heavy atom. The van der Waals surface area contributed by atoms with Gasteiger partial charge in [-0.15, -0.1) is 0 Å². The van der Waals surface area contributed by atoms with Crippen LogP contribution in [-0.2, 0) is 4.79 Å². The molecule has 8 nitrogen and oxygen atoms in total. The Morgan fingerprint density at radius 3 is 2.78 bits per heavy atom.